The van der Waals surface area contributed by atoms with Crippen LogP contribution >= 0.6 is 0 Å². The molecule has 4 rings (SSSR count). The number of hydrogen-bond donors (Lipinski definition) is 0. The molecule has 4 heterocycles. The van der Waals surface area contributed by atoms with Gasteiger partial charge in [0.2, 0.25) is 0 Å². The third kappa shape index (κ3) is 3.02. The number of aryl methyl sites for hydroxylation is 1. The lowest BCUT2D eigenvalue weighted by molar-refractivity contribution is 0.0330. The highest BCUT2D eigenvalue weighted by molar-refractivity contribution is 7.91. The van der Waals surface area contributed by atoms with E-state index in [2.05, 4.69) is 15.7 Å². The molecule has 2 fully saturated rings. The number of aromatic nitrogens is 2. The van der Waals surface area contributed by atoms with Crippen molar-refractivity contribution in [3.05, 3.63) is 17.7 Å². The first-order chi connectivity index (χ1) is 11.6. The second-order valence-corrected chi connectivity index (χ2v) is 9.60. The lowest BCUT2D eigenvalue weighted by atomic mass is 9.94. The fraction of sp³-hybridized carbons (Fsp3) is 0.824. The third-order valence-corrected chi connectivity index (χ3v) is 7.66. The predicted molar refractivity (Wildman–Crippen MR) is 92.0 cm³/mol. The number of hydrogen-bond acceptors (Lipinski definition) is 5. The Morgan fingerprint density at radius 2 is 1.96 bits per heavy atom. The summed E-state index contributed by atoms with van der Waals surface area (Å²) in [5, 5.41) is 0. The maximum absolute atomic E-state index is 11.9. The summed E-state index contributed by atoms with van der Waals surface area (Å²) in [6, 6.07) is 0.0233. The van der Waals surface area contributed by atoms with Crippen molar-refractivity contribution < 1.29 is 13.2 Å². The zero-order chi connectivity index (χ0) is 16.7. The Hall–Kier alpha value is -0.920. The van der Waals surface area contributed by atoms with E-state index in [-0.39, 0.29) is 23.7 Å². The number of piperidine rings is 1. The Kier molecular flexibility index (Phi) is 4.43. The molecular formula is C17H27N3O3S. The average molecular weight is 353 g/mol. The minimum Gasteiger partial charge on any atom is -0.379 e. The second-order valence-electron chi connectivity index (χ2n) is 7.45. The van der Waals surface area contributed by atoms with Crippen LogP contribution in [0.3, 0.4) is 0 Å². The van der Waals surface area contributed by atoms with Gasteiger partial charge in [-0.05, 0) is 45.2 Å². The van der Waals surface area contributed by atoms with Gasteiger partial charge in [-0.1, -0.05) is 0 Å². The molecule has 0 bridgehead atoms. The first-order valence-electron chi connectivity index (χ1n) is 9.09. The van der Waals surface area contributed by atoms with Crippen molar-refractivity contribution in [1.82, 2.24) is 14.5 Å². The fourth-order valence-corrected chi connectivity index (χ4v) is 6.58. The van der Waals surface area contributed by atoms with E-state index in [0.29, 0.717) is 5.92 Å². The molecule has 6 nitrogen and oxygen atoms in total. The van der Waals surface area contributed by atoms with E-state index in [4.69, 9.17) is 9.72 Å². The summed E-state index contributed by atoms with van der Waals surface area (Å²) in [5.74, 6) is 2.18. The van der Waals surface area contributed by atoms with Crippen LogP contribution in [0.1, 0.15) is 43.1 Å². The van der Waals surface area contributed by atoms with Crippen LogP contribution in [0.25, 0.3) is 0 Å². The van der Waals surface area contributed by atoms with E-state index in [1.54, 1.807) is 7.11 Å². The molecule has 2 atom stereocenters. The Labute approximate surface area is 144 Å². The topological polar surface area (TPSA) is 64.4 Å². The SMILES string of the molecule is CO[C@@H]1CS(=O)(=O)C[C@@H]1N1CCC(c2ncc3n2CCCC3)CC1. The molecule has 0 amide bonds. The van der Waals surface area contributed by atoms with Crippen LogP contribution in [0, 0.1) is 0 Å². The van der Waals surface area contributed by atoms with Gasteiger partial charge in [0.25, 0.3) is 0 Å². The number of rotatable bonds is 3. The molecule has 1 aromatic rings. The highest BCUT2D eigenvalue weighted by atomic mass is 32.2. The van der Waals surface area contributed by atoms with E-state index in [1.807, 2.05) is 0 Å². The molecule has 0 radical (unpaired) electrons. The average Bonchev–Trinajstić information content (AvgIpc) is 3.15. The molecule has 0 unspecified atom stereocenters. The summed E-state index contributed by atoms with van der Waals surface area (Å²) >= 11 is 0. The van der Waals surface area contributed by atoms with Gasteiger partial charge >= 0.3 is 0 Å². The normalized spacial score (nSPS) is 31.2. The summed E-state index contributed by atoms with van der Waals surface area (Å²) in [6.07, 6.45) is 7.69. The number of nitrogens with zero attached hydrogens (tertiary/aromatic N) is 3. The van der Waals surface area contributed by atoms with Crippen molar-refractivity contribution in [2.45, 2.75) is 56.7 Å². The van der Waals surface area contributed by atoms with E-state index in [1.165, 1.54) is 24.4 Å². The van der Waals surface area contributed by atoms with E-state index in [9.17, 15) is 8.42 Å². The number of methoxy groups -OCH3 is 1. The predicted octanol–water partition coefficient (Wildman–Crippen LogP) is 1.21. The van der Waals surface area contributed by atoms with Gasteiger partial charge in [0.1, 0.15) is 5.82 Å². The first kappa shape index (κ1) is 16.5. The van der Waals surface area contributed by atoms with Crippen molar-refractivity contribution in [2.24, 2.45) is 0 Å². The van der Waals surface area contributed by atoms with Crippen LogP contribution in [-0.4, -0.2) is 66.7 Å². The smallest absolute Gasteiger partial charge is 0.154 e. The summed E-state index contributed by atoms with van der Waals surface area (Å²) < 4.78 is 31.8. The number of likely N-dealkylation sites (tertiary alicyclic amines) is 1. The number of imidazole rings is 1. The molecule has 7 heteroatoms. The highest BCUT2D eigenvalue weighted by Gasteiger charge is 2.42. The minimum atomic E-state index is -2.96. The van der Waals surface area contributed by atoms with Crippen LogP contribution < -0.4 is 0 Å². The molecular weight excluding hydrogens is 326 g/mol. The molecule has 0 aromatic carbocycles. The number of sulfone groups is 1. The summed E-state index contributed by atoms with van der Waals surface area (Å²) in [5.41, 5.74) is 1.39. The first-order valence-corrected chi connectivity index (χ1v) is 10.9. The number of ether oxygens (including phenoxy) is 1. The summed E-state index contributed by atoms with van der Waals surface area (Å²) in [6.45, 7) is 2.98. The van der Waals surface area contributed by atoms with Gasteiger partial charge in [-0.2, -0.15) is 0 Å². The molecule has 0 aliphatic carbocycles. The summed E-state index contributed by atoms with van der Waals surface area (Å²) in [4.78, 5) is 7.05. The summed E-state index contributed by atoms with van der Waals surface area (Å²) in [7, 11) is -1.33. The van der Waals surface area contributed by atoms with Gasteiger partial charge < -0.3 is 9.30 Å². The standard InChI is InChI=1S/C17H27N3O3S/c1-23-16-12-24(21,22)11-15(16)19-8-5-13(6-9-19)17-18-10-14-4-2-3-7-20(14)17/h10,13,15-16H,2-9,11-12H2,1H3/t15-,16+/m0/s1. The van der Waals surface area contributed by atoms with Crippen molar-refractivity contribution >= 4 is 9.84 Å². The Morgan fingerprint density at radius 3 is 2.71 bits per heavy atom. The molecule has 3 aliphatic heterocycles. The molecule has 0 saturated carbocycles. The Morgan fingerprint density at radius 1 is 1.17 bits per heavy atom. The number of fused-ring (bicyclic) bond motifs is 1. The van der Waals surface area contributed by atoms with Gasteiger partial charge in [-0.3, -0.25) is 4.90 Å². The van der Waals surface area contributed by atoms with Gasteiger partial charge in [0.05, 0.1) is 23.7 Å². The van der Waals surface area contributed by atoms with Gasteiger partial charge in [0.15, 0.2) is 9.84 Å². The quantitative estimate of drug-likeness (QED) is 0.817. The fourth-order valence-electron chi connectivity index (χ4n) is 4.64. The third-order valence-electron chi connectivity index (χ3n) is 5.97. The van der Waals surface area contributed by atoms with Crippen LogP contribution in [-0.2, 0) is 27.5 Å². The Bertz CT molecular complexity index is 692. The zero-order valence-electron chi connectivity index (χ0n) is 14.4. The van der Waals surface area contributed by atoms with Crippen LogP contribution in [0.4, 0.5) is 0 Å². The van der Waals surface area contributed by atoms with E-state index in [0.717, 1.165) is 38.9 Å². The maximum atomic E-state index is 11.9. The largest absolute Gasteiger partial charge is 0.379 e. The molecule has 1 aromatic heterocycles. The Balaban J connectivity index is 1.43. The van der Waals surface area contributed by atoms with E-state index >= 15 is 0 Å². The van der Waals surface area contributed by atoms with Crippen molar-refractivity contribution in [3.63, 3.8) is 0 Å². The minimum absolute atomic E-state index is 0.0233. The van der Waals surface area contributed by atoms with Gasteiger partial charge in [-0.25, -0.2) is 13.4 Å². The molecule has 3 aliphatic rings. The molecule has 2 saturated heterocycles. The lowest BCUT2D eigenvalue weighted by Gasteiger charge is -2.37. The lowest BCUT2D eigenvalue weighted by Crippen LogP contribution is -2.47. The zero-order valence-corrected chi connectivity index (χ0v) is 15.2. The monoisotopic (exact) mass is 353 g/mol. The van der Waals surface area contributed by atoms with Crippen LogP contribution in [0.15, 0.2) is 6.20 Å². The van der Waals surface area contributed by atoms with Gasteiger partial charge in [-0.15, -0.1) is 0 Å². The van der Waals surface area contributed by atoms with Gasteiger partial charge in [0, 0.05) is 31.5 Å². The second kappa shape index (κ2) is 6.42. The molecule has 24 heavy (non-hydrogen) atoms. The van der Waals surface area contributed by atoms with Crippen molar-refractivity contribution in [3.8, 4) is 0 Å². The molecule has 0 spiro atoms. The van der Waals surface area contributed by atoms with Crippen LogP contribution in [0.5, 0.6) is 0 Å². The van der Waals surface area contributed by atoms with Crippen molar-refractivity contribution in [2.75, 3.05) is 31.7 Å². The highest BCUT2D eigenvalue weighted by Crippen LogP contribution is 2.32. The van der Waals surface area contributed by atoms with Crippen LogP contribution in [0.2, 0.25) is 0 Å². The molecule has 134 valence electrons. The maximum Gasteiger partial charge on any atom is 0.154 e. The van der Waals surface area contributed by atoms with Crippen molar-refractivity contribution in [1.29, 1.82) is 0 Å². The molecule has 0 N–H and O–H groups in total. The van der Waals surface area contributed by atoms with E-state index < -0.39 is 9.84 Å².